The molecule has 0 bridgehead atoms. The van der Waals surface area contributed by atoms with Gasteiger partial charge in [0.25, 0.3) is 11.8 Å². The van der Waals surface area contributed by atoms with Crippen LogP contribution in [0.3, 0.4) is 0 Å². The van der Waals surface area contributed by atoms with Crippen molar-refractivity contribution < 1.29 is 18.4 Å². The monoisotopic (exact) mass is 371 g/mol. The average molecular weight is 371 g/mol. The van der Waals surface area contributed by atoms with Gasteiger partial charge < -0.3 is 9.32 Å². The third kappa shape index (κ3) is 3.11. The maximum Gasteiger partial charge on any atom is 0.293 e. The summed E-state index contributed by atoms with van der Waals surface area (Å²) in [6, 6.07) is 9.15. The van der Waals surface area contributed by atoms with Crippen LogP contribution in [0.25, 0.3) is 0 Å². The van der Waals surface area contributed by atoms with Crippen LogP contribution in [0.2, 0.25) is 0 Å². The van der Waals surface area contributed by atoms with Gasteiger partial charge in [0.1, 0.15) is 5.82 Å². The van der Waals surface area contributed by atoms with E-state index in [2.05, 4.69) is 10.3 Å². The predicted molar refractivity (Wildman–Crippen MR) is 93.6 cm³/mol. The Bertz CT molecular complexity index is 968. The van der Waals surface area contributed by atoms with Crippen LogP contribution >= 0.6 is 11.3 Å². The molecular formula is C18H14FN3O3S. The molecule has 3 aromatic rings. The van der Waals surface area contributed by atoms with E-state index >= 15 is 0 Å². The topological polar surface area (TPSA) is 75.4 Å². The molecule has 4 rings (SSSR count). The van der Waals surface area contributed by atoms with Gasteiger partial charge in [0.2, 0.25) is 0 Å². The number of carbonyl (C=O) groups is 2. The van der Waals surface area contributed by atoms with Crippen molar-refractivity contribution in [2.45, 2.75) is 13.0 Å². The van der Waals surface area contributed by atoms with Crippen LogP contribution in [0.1, 0.15) is 31.5 Å². The molecule has 0 saturated carbocycles. The van der Waals surface area contributed by atoms with Gasteiger partial charge in [0.15, 0.2) is 10.9 Å². The average Bonchev–Trinajstić information content (AvgIpc) is 3.30. The summed E-state index contributed by atoms with van der Waals surface area (Å²) in [5.41, 5.74) is 0.911. The van der Waals surface area contributed by atoms with Crippen molar-refractivity contribution in [2.75, 3.05) is 11.9 Å². The van der Waals surface area contributed by atoms with Crippen molar-refractivity contribution >= 4 is 28.3 Å². The van der Waals surface area contributed by atoms with Gasteiger partial charge in [-0.15, -0.1) is 0 Å². The number of carbonyl (C=O) groups excluding carboxylic acids is 2. The second-order valence-corrected chi connectivity index (χ2v) is 6.86. The number of furan rings is 1. The van der Waals surface area contributed by atoms with E-state index in [1.165, 1.54) is 29.7 Å². The van der Waals surface area contributed by atoms with Crippen LogP contribution in [-0.4, -0.2) is 28.2 Å². The lowest BCUT2D eigenvalue weighted by Gasteiger charge is -2.26. The van der Waals surface area contributed by atoms with Gasteiger partial charge in [0.05, 0.1) is 24.1 Å². The molecule has 26 heavy (non-hydrogen) atoms. The number of hydrogen-bond acceptors (Lipinski definition) is 5. The summed E-state index contributed by atoms with van der Waals surface area (Å²) < 4.78 is 18.9. The first-order valence-corrected chi connectivity index (χ1v) is 8.80. The van der Waals surface area contributed by atoms with E-state index in [1.54, 1.807) is 29.2 Å². The van der Waals surface area contributed by atoms with Crippen molar-refractivity contribution in [3.63, 3.8) is 0 Å². The van der Waals surface area contributed by atoms with Gasteiger partial charge in [-0.1, -0.05) is 23.5 Å². The maximum absolute atomic E-state index is 13.9. The molecule has 2 amide bonds. The maximum atomic E-state index is 13.9. The van der Waals surface area contributed by atoms with Crippen molar-refractivity contribution in [3.8, 4) is 0 Å². The Morgan fingerprint density at radius 3 is 2.85 bits per heavy atom. The minimum Gasteiger partial charge on any atom is -0.459 e. The Hall–Kier alpha value is -3.00. The highest BCUT2D eigenvalue weighted by molar-refractivity contribution is 7.15. The fourth-order valence-corrected chi connectivity index (χ4v) is 3.81. The Kier molecular flexibility index (Phi) is 4.26. The SMILES string of the molecule is O=C(Nc1nc2c(s1)CN(C(=O)c1ccccc1F)CC2)c1ccco1. The highest BCUT2D eigenvalue weighted by Gasteiger charge is 2.26. The number of rotatable bonds is 3. The zero-order valence-corrected chi connectivity index (χ0v) is 14.4. The van der Waals surface area contributed by atoms with Gasteiger partial charge in [0, 0.05) is 17.8 Å². The number of halogens is 1. The zero-order valence-electron chi connectivity index (χ0n) is 13.6. The number of anilines is 1. The first kappa shape index (κ1) is 16.5. The molecule has 0 spiro atoms. The molecule has 0 fully saturated rings. The fourth-order valence-electron chi connectivity index (χ4n) is 2.79. The molecule has 2 aromatic heterocycles. The fraction of sp³-hybridized carbons (Fsp3) is 0.167. The van der Waals surface area contributed by atoms with Crippen molar-refractivity contribution in [3.05, 3.63) is 70.4 Å². The second kappa shape index (κ2) is 6.72. The predicted octanol–water partition coefficient (Wildman–Crippen LogP) is 3.33. The van der Waals surface area contributed by atoms with Crippen LogP contribution in [-0.2, 0) is 13.0 Å². The van der Waals surface area contributed by atoms with Crippen molar-refractivity contribution in [2.24, 2.45) is 0 Å². The molecule has 1 N–H and O–H groups in total. The van der Waals surface area contributed by atoms with E-state index in [0.717, 1.165) is 10.6 Å². The van der Waals surface area contributed by atoms with Gasteiger partial charge >= 0.3 is 0 Å². The quantitative estimate of drug-likeness (QED) is 0.766. The summed E-state index contributed by atoms with van der Waals surface area (Å²) in [6.07, 6.45) is 1.98. The first-order valence-electron chi connectivity index (χ1n) is 7.99. The van der Waals surface area contributed by atoms with Crippen molar-refractivity contribution in [1.82, 2.24) is 9.88 Å². The van der Waals surface area contributed by atoms with Gasteiger partial charge in [-0.25, -0.2) is 9.37 Å². The lowest BCUT2D eigenvalue weighted by molar-refractivity contribution is 0.0731. The van der Waals surface area contributed by atoms with Gasteiger partial charge in [-0.2, -0.15) is 0 Å². The molecule has 0 saturated heterocycles. The minimum absolute atomic E-state index is 0.0619. The Morgan fingerprint density at radius 2 is 2.08 bits per heavy atom. The van der Waals surface area contributed by atoms with E-state index in [9.17, 15) is 14.0 Å². The number of thiazole rings is 1. The van der Waals surface area contributed by atoms with Crippen LogP contribution < -0.4 is 5.32 Å². The first-order chi connectivity index (χ1) is 12.6. The molecule has 0 aliphatic carbocycles. The van der Waals surface area contributed by atoms with Crippen molar-refractivity contribution in [1.29, 1.82) is 0 Å². The number of nitrogens with one attached hydrogen (secondary N) is 1. The third-order valence-electron chi connectivity index (χ3n) is 4.09. The van der Waals surface area contributed by atoms with E-state index in [0.29, 0.717) is 24.6 Å². The van der Waals surface area contributed by atoms with E-state index < -0.39 is 5.82 Å². The summed E-state index contributed by atoms with van der Waals surface area (Å²) >= 11 is 1.31. The lowest BCUT2D eigenvalue weighted by Crippen LogP contribution is -2.35. The largest absolute Gasteiger partial charge is 0.459 e. The molecule has 0 atom stereocenters. The Morgan fingerprint density at radius 1 is 1.23 bits per heavy atom. The molecule has 1 aromatic carbocycles. The zero-order chi connectivity index (χ0) is 18.1. The summed E-state index contributed by atoms with van der Waals surface area (Å²) in [6.45, 7) is 0.798. The van der Waals surface area contributed by atoms with Gasteiger partial charge in [-0.3, -0.25) is 14.9 Å². The van der Waals surface area contributed by atoms with E-state index in [-0.39, 0.29) is 23.1 Å². The summed E-state index contributed by atoms with van der Waals surface area (Å²) in [5.74, 6) is -1.04. The second-order valence-electron chi connectivity index (χ2n) is 5.78. The normalized spacial score (nSPS) is 13.3. The van der Waals surface area contributed by atoms with Crippen LogP contribution in [0.15, 0.2) is 47.1 Å². The summed E-state index contributed by atoms with van der Waals surface area (Å²) in [7, 11) is 0. The minimum atomic E-state index is -0.529. The smallest absolute Gasteiger partial charge is 0.293 e. The number of hydrogen-bond donors (Lipinski definition) is 1. The Labute approximate surface area is 152 Å². The molecule has 6 nitrogen and oxygen atoms in total. The molecule has 0 unspecified atom stereocenters. The number of fused-ring (bicyclic) bond motifs is 1. The molecule has 8 heteroatoms. The molecule has 1 aliphatic rings. The highest BCUT2D eigenvalue weighted by atomic mass is 32.1. The van der Waals surface area contributed by atoms with Crippen LogP contribution in [0, 0.1) is 5.82 Å². The Balaban J connectivity index is 1.49. The molecule has 132 valence electrons. The van der Waals surface area contributed by atoms with Crippen LogP contribution in [0.5, 0.6) is 0 Å². The molecule has 0 radical (unpaired) electrons. The standard InChI is InChI=1S/C18H14FN3O3S/c19-12-5-2-1-4-11(12)17(24)22-8-7-13-15(10-22)26-18(20-13)21-16(23)14-6-3-9-25-14/h1-6,9H,7-8,10H2,(H,20,21,23). The highest BCUT2D eigenvalue weighted by Crippen LogP contribution is 2.29. The number of aromatic nitrogens is 1. The number of amides is 2. The summed E-state index contributed by atoms with van der Waals surface area (Å²) in [4.78, 5) is 31.5. The molecule has 3 heterocycles. The number of nitrogens with zero attached hydrogens (tertiary/aromatic N) is 2. The third-order valence-corrected chi connectivity index (χ3v) is 5.09. The molecule has 1 aliphatic heterocycles. The van der Waals surface area contributed by atoms with Gasteiger partial charge in [-0.05, 0) is 24.3 Å². The number of benzene rings is 1. The summed E-state index contributed by atoms with van der Waals surface area (Å²) in [5, 5.41) is 3.15. The molecular weight excluding hydrogens is 357 g/mol. The van der Waals surface area contributed by atoms with Crippen LogP contribution in [0.4, 0.5) is 9.52 Å². The lowest BCUT2D eigenvalue weighted by atomic mass is 10.1. The van der Waals surface area contributed by atoms with E-state index in [1.807, 2.05) is 0 Å². The van der Waals surface area contributed by atoms with E-state index in [4.69, 9.17) is 4.42 Å².